The number of ether oxygens (including phenoxy) is 1. The fourth-order valence-electron chi connectivity index (χ4n) is 3.00. The van der Waals surface area contributed by atoms with E-state index >= 15 is 0 Å². The van der Waals surface area contributed by atoms with E-state index in [1.54, 1.807) is 12.0 Å². The lowest BCUT2D eigenvalue weighted by molar-refractivity contribution is -0.159. The van der Waals surface area contributed by atoms with Gasteiger partial charge in [0.15, 0.2) is 0 Å². The molecule has 2 rings (SSSR count). The molecule has 0 atom stereocenters. The highest BCUT2D eigenvalue weighted by atomic mass is 35.5. The highest BCUT2D eigenvalue weighted by Gasteiger charge is 2.43. The largest absolute Gasteiger partial charge is 0.368 e. The minimum absolute atomic E-state index is 0. The van der Waals surface area contributed by atoms with Crippen LogP contribution in [0.15, 0.2) is 0 Å². The van der Waals surface area contributed by atoms with Crippen LogP contribution in [0.4, 0.5) is 4.79 Å². The summed E-state index contributed by atoms with van der Waals surface area (Å²) >= 11 is 0. The van der Waals surface area contributed by atoms with Crippen LogP contribution < -0.4 is 10.6 Å². The van der Waals surface area contributed by atoms with E-state index in [4.69, 9.17) is 4.74 Å². The topological polar surface area (TPSA) is 73.9 Å². The average Bonchev–Trinajstić information content (AvgIpc) is 2.55. The van der Waals surface area contributed by atoms with Gasteiger partial charge in [-0.1, -0.05) is 0 Å². The Balaban J connectivity index is 0.00000242. The van der Waals surface area contributed by atoms with Crippen molar-refractivity contribution in [1.29, 1.82) is 0 Å². The molecule has 0 bridgehead atoms. The number of piperidine rings is 1. The van der Waals surface area contributed by atoms with Crippen LogP contribution in [0.25, 0.3) is 0 Å². The van der Waals surface area contributed by atoms with Gasteiger partial charge in [-0.2, -0.15) is 0 Å². The first-order chi connectivity index (χ1) is 10.1. The van der Waals surface area contributed by atoms with E-state index in [1.807, 2.05) is 11.8 Å². The van der Waals surface area contributed by atoms with Crippen LogP contribution >= 0.6 is 12.4 Å². The molecule has 0 aromatic carbocycles. The van der Waals surface area contributed by atoms with Gasteiger partial charge in [0.25, 0.3) is 5.91 Å². The molecule has 128 valence electrons. The molecule has 0 aromatic heterocycles. The molecule has 0 unspecified atom stereocenters. The van der Waals surface area contributed by atoms with Crippen LogP contribution in [0.2, 0.25) is 0 Å². The van der Waals surface area contributed by atoms with Gasteiger partial charge in [-0.05, 0) is 32.9 Å². The molecular weight excluding hydrogens is 308 g/mol. The zero-order valence-electron chi connectivity index (χ0n) is 13.4. The second-order valence-electron chi connectivity index (χ2n) is 5.56. The summed E-state index contributed by atoms with van der Waals surface area (Å²) in [5, 5.41) is 6.05. The van der Waals surface area contributed by atoms with Gasteiger partial charge in [-0.25, -0.2) is 4.79 Å². The van der Waals surface area contributed by atoms with E-state index < -0.39 is 5.60 Å². The van der Waals surface area contributed by atoms with Crippen molar-refractivity contribution in [2.45, 2.75) is 25.4 Å². The predicted octanol–water partition coefficient (Wildman–Crippen LogP) is 0.0505. The number of rotatable bonds is 3. The molecule has 2 aliphatic rings. The van der Waals surface area contributed by atoms with Crippen LogP contribution in [-0.4, -0.2) is 80.3 Å². The summed E-state index contributed by atoms with van der Waals surface area (Å²) in [5.41, 5.74) is -0.681. The Morgan fingerprint density at radius 2 is 1.68 bits per heavy atom. The first kappa shape index (κ1) is 19.0. The molecule has 8 heteroatoms. The summed E-state index contributed by atoms with van der Waals surface area (Å²) in [6, 6.07) is -0.0482. The van der Waals surface area contributed by atoms with Crippen molar-refractivity contribution in [3.05, 3.63) is 0 Å². The average molecular weight is 335 g/mol. The van der Waals surface area contributed by atoms with Crippen LogP contribution in [0.3, 0.4) is 0 Å². The highest BCUT2D eigenvalue weighted by molar-refractivity contribution is 5.86. The Hall–Kier alpha value is -1.05. The van der Waals surface area contributed by atoms with Gasteiger partial charge in [-0.15, -0.1) is 12.4 Å². The minimum atomic E-state index is -0.681. The Morgan fingerprint density at radius 1 is 1.14 bits per heavy atom. The van der Waals surface area contributed by atoms with Gasteiger partial charge in [-0.3, -0.25) is 4.79 Å². The number of urea groups is 1. The molecule has 2 saturated heterocycles. The lowest BCUT2D eigenvalue weighted by Gasteiger charge is -2.42. The molecule has 22 heavy (non-hydrogen) atoms. The molecule has 3 amide bonds. The second kappa shape index (κ2) is 8.55. The molecule has 0 aliphatic carbocycles. The van der Waals surface area contributed by atoms with Crippen LogP contribution in [0.5, 0.6) is 0 Å². The maximum Gasteiger partial charge on any atom is 0.317 e. The fraction of sp³-hybridized carbons (Fsp3) is 0.857. The maximum atomic E-state index is 12.8. The van der Waals surface area contributed by atoms with Crippen molar-refractivity contribution in [1.82, 2.24) is 20.4 Å². The second-order valence-corrected chi connectivity index (χ2v) is 5.56. The molecule has 7 nitrogen and oxygen atoms in total. The Labute approximate surface area is 138 Å². The molecule has 2 aliphatic heterocycles. The predicted molar refractivity (Wildman–Crippen MR) is 86.3 cm³/mol. The first-order valence-electron chi connectivity index (χ1n) is 7.71. The molecule has 0 saturated carbocycles. The van der Waals surface area contributed by atoms with E-state index in [9.17, 15) is 9.59 Å². The molecule has 2 heterocycles. The third kappa shape index (κ3) is 4.02. The van der Waals surface area contributed by atoms with Crippen LogP contribution in [0, 0.1) is 0 Å². The van der Waals surface area contributed by atoms with Crippen molar-refractivity contribution in [3.8, 4) is 0 Å². The maximum absolute atomic E-state index is 12.8. The molecule has 0 aromatic rings. The minimum Gasteiger partial charge on any atom is -0.368 e. The summed E-state index contributed by atoms with van der Waals surface area (Å²) in [6.07, 6.45) is 1.41. The Morgan fingerprint density at radius 3 is 2.18 bits per heavy atom. The number of nitrogens with one attached hydrogen (secondary N) is 2. The summed E-state index contributed by atoms with van der Waals surface area (Å²) in [5.74, 6) is 0.0713. The smallest absolute Gasteiger partial charge is 0.317 e. The quantitative estimate of drug-likeness (QED) is 0.765. The molecule has 2 fully saturated rings. The van der Waals surface area contributed by atoms with E-state index in [0.29, 0.717) is 45.6 Å². The Bertz CT molecular complexity index is 380. The van der Waals surface area contributed by atoms with Gasteiger partial charge >= 0.3 is 6.03 Å². The summed E-state index contributed by atoms with van der Waals surface area (Å²) in [4.78, 5) is 28.1. The van der Waals surface area contributed by atoms with E-state index in [2.05, 4.69) is 10.6 Å². The number of methoxy groups -OCH3 is 1. The lowest BCUT2D eigenvalue weighted by atomic mass is 9.90. The third-order valence-electron chi connectivity index (χ3n) is 4.37. The number of hydrogen-bond acceptors (Lipinski definition) is 4. The van der Waals surface area contributed by atoms with Gasteiger partial charge in [0, 0.05) is 39.8 Å². The van der Waals surface area contributed by atoms with Crippen molar-refractivity contribution < 1.29 is 14.3 Å². The number of hydrogen-bond donors (Lipinski definition) is 2. The molecule has 0 spiro atoms. The van der Waals surface area contributed by atoms with E-state index in [1.165, 1.54) is 0 Å². The summed E-state index contributed by atoms with van der Waals surface area (Å²) in [6.45, 7) is 6.44. The van der Waals surface area contributed by atoms with Crippen LogP contribution in [0.1, 0.15) is 19.8 Å². The van der Waals surface area contributed by atoms with Crippen LogP contribution in [-0.2, 0) is 9.53 Å². The van der Waals surface area contributed by atoms with Crippen molar-refractivity contribution >= 4 is 24.3 Å². The van der Waals surface area contributed by atoms with Gasteiger partial charge in [0.2, 0.25) is 0 Å². The molecule has 2 N–H and O–H groups in total. The lowest BCUT2D eigenvalue weighted by Crippen LogP contribution is -2.60. The summed E-state index contributed by atoms with van der Waals surface area (Å²) in [7, 11) is 1.62. The van der Waals surface area contributed by atoms with Gasteiger partial charge in [0.1, 0.15) is 5.60 Å². The number of carbonyl (C=O) groups excluding carboxylic acids is 2. The number of halogens is 1. The number of piperazine rings is 1. The third-order valence-corrected chi connectivity index (χ3v) is 4.37. The zero-order chi connectivity index (χ0) is 15.3. The van der Waals surface area contributed by atoms with Crippen molar-refractivity contribution in [3.63, 3.8) is 0 Å². The normalized spacial score (nSPS) is 21.0. The van der Waals surface area contributed by atoms with Crippen molar-refractivity contribution in [2.24, 2.45) is 0 Å². The van der Waals surface area contributed by atoms with Gasteiger partial charge in [0.05, 0.1) is 0 Å². The number of nitrogens with zero attached hydrogens (tertiary/aromatic N) is 2. The summed E-state index contributed by atoms with van der Waals surface area (Å²) < 4.78 is 5.58. The first-order valence-corrected chi connectivity index (χ1v) is 7.71. The fourth-order valence-corrected chi connectivity index (χ4v) is 3.00. The van der Waals surface area contributed by atoms with E-state index in [-0.39, 0.29) is 24.3 Å². The zero-order valence-corrected chi connectivity index (χ0v) is 14.2. The molecule has 0 radical (unpaired) electrons. The SMILES string of the molecule is CCNC(=O)N1CCN(C(=O)C2(OC)CCNCC2)CC1.Cl. The number of carbonyl (C=O) groups is 2. The molecular formula is C14H27ClN4O3. The van der Waals surface area contributed by atoms with Gasteiger partial charge < -0.3 is 25.2 Å². The van der Waals surface area contributed by atoms with Crippen molar-refractivity contribution in [2.75, 3.05) is 52.9 Å². The van der Waals surface area contributed by atoms with E-state index in [0.717, 1.165) is 13.1 Å². The number of amides is 3. The Kier molecular flexibility index (Phi) is 7.38. The monoisotopic (exact) mass is 334 g/mol. The highest BCUT2D eigenvalue weighted by Crippen LogP contribution is 2.25. The standard InChI is InChI=1S/C14H26N4O3.ClH/c1-3-16-13(20)18-10-8-17(9-11-18)12(19)14(21-2)4-6-15-7-5-14;/h15H,3-11H2,1-2H3,(H,16,20);1H.